The molecule has 0 unspecified atom stereocenters. The van der Waals surface area contributed by atoms with Gasteiger partial charge in [0.25, 0.3) is 0 Å². The van der Waals surface area contributed by atoms with Gasteiger partial charge in [-0.15, -0.1) is 0 Å². The van der Waals surface area contributed by atoms with E-state index in [4.69, 9.17) is 9.47 Å². The van der Waals surface area contributed by atoms with Crippen LogP contribution in [-0.4, -0.2) is 25.7 Å². The second kappa shape index (κ2) is 4.46. The summed E-state index contributed by atoms with van der Waals surface area (Å²) in [5, 5.41) is 1.12. The Morgan fingerprint density at radius 3 is 2.79 bits per heavy atom. The Hall–Kier alpha value is -2.23. The van der Waals surface area contributed by atoms with E-state index in [1.54, 1.807) is 14.2 Å². The molecule has 2 heterocycles. The van der Waals surface area contributed by atoms with Gasteiger partial charge in [0, 0.05) is 24.3 Å². The summed E-state index contributed by atoms with van der Waals surface area (Å²) in [6.07, 6.45) is 5.98. The third-order valence-corrected chi connectivity index (χ3v) is 3.45. The summed E-state index contributed by atoms with van der Waals surface area (Å²) >= 11 is 0. The van der Waals surface area contributed by atoms with Crippen LogP contribution in [0.4, 0.5) is 5.69 Å². The molecule has 2 aromatic rings. The molecule has 0 spiro atoms. The number of rotatable bonds is 3. The molecular formula is C15H16N2O2. The number of benzene rings is 1. The first-order valence-corrected chi connectivity index (χ1v) is 6.28. The first kappa shape index (κ1) is 11.8. The molecule has 4 nitrogen and oxygen atoms in total. The van der Waals surface area contributed by atoms with E-state index in [0.29, 0.717) is 11.5 Å². The average molecular weight is 256 g/mol. The number of pyridine rings is 1. The van der Waals surface area contributed by atoms with E-state index in [2.05, 4.69) is 29.1 Å². The number of anilines is 1. The van der Waals surface area contributed by atoms with Gasteiger partial charge in [-0.05, 0) is 30.7 Å². The van der Waals surface area contributed by atoms with Crippen molar-refractivity contribution < 1.29 is 9.47 Å². The van der Waals surface area contributed by atoms with Crippen molar-refractivity contribution in [3.8, 4) is 11.5 Å². The summed E-state index contributed by atoms with van der Waals surface area (Å²) in [7, 11) is 3.29. The number of ether oxygens (including phenoxy) is 2. The highest BCUT2D eigenvalue weighted by atomic mass is 16.5. The van der Waals surface area contributed by atoms with Crippen LogP contribution < -0.4 is 14.4 Å². The smallest absolute Gasteiger partial charge is 0.187 e. The van der Waals surface area contributed by atoms with Crippen molar-refractivity contribution in [1.29, 1.82) is 0 Å². The van der Waals surface area contributed by atoms with Gasteiger partial charge in [-0.2, -0.15) is 0 Å². The van der Waals surface area contributed by atoms with E-state index >= 15 is 0 Å². The summed E-state index contributed by atoms with van der Waals surface area (Å²) in [4.78, 5) is 6.66. The summed E-state index contributed by atoms with van der Waals surface area (Å²) in [6, 6.07) is 4.03. The Morgan fingerprint density at radius 2 is 2.11 bits per heavy atom. The molecule has 0 atom stereocenters. The molecule has 3 rings (SSSR count). The van der Waals surface area contributed by atoms with Gasteiger partial charge in [-0.25, -0.2) is 0 Å². The number of hydrogen-bond donors (Lipinski definition) is 0. The van der Waals surface area contributed by atoms with Gasteiger partial charge >= 0.3 is 0 Å². The van der Waals surface area contributed by atoms with Gasteiger partial charge in [-0.3, -0.25) is 4.98 Å². The minimum Gasteiger partial charge on any atom is -0.493 e. The summed E-state index contributed by atoms with van der Waals surface area (Å²) in [6.45, 7) is 3.05. The van der Waals surface area contributed by atoms with Crippen molar-refractivity contribution in [3.05, 3.63) is 30.1 Å². The molecule has 0 aliphatic carbocycles. The molecule has 0 amide bonds. The molecule has 1 aliphatic rings. The zero-order valence-electron chi connectivity index (χ0n) is 11.3. The fraction of sp³-hybridized carbons (Fsp3) is 0.267. The van der Waals surface area contributed by atoms with Crippen molar-refractivity contribution in [1.82, 2.24) is 4.98 Å². The lowest BCUT2D eigenvalue weighted by molar-refractivity contribution is 0.358. The van der Waals surface area contributed by atoms with Crippen molar-refractivity contribution in [2.45, 2.75) is 6.92 Å². The largest absolute Gasteiger partial charge is 0.493 e. The highest BCUT2D eigenvalue weighted by molar-refractivity contribution is 6.04. The molecule has 19 heavy (non-hydrogen) atoms. The maximum absolute atomic E-state index is 5.47. The van der Waals surface area contributed by atoms with Crippen LogP contribution in [0, 0.1) is 0 Å². The third-order valence-electron chi connectivity index (χ3n) is 3.45. The Bertz CT molecular complexity index is 665. The van der Waals surface area contributed by atoms with E-state index in [9.17, 15) is 0 Å². The molecule has 0 radical (unpaired) electrons. The molecule has 0 saturated heterocycles. The highest BCUT2D eigenvalue weighted by Gasteiger charge is 2.20. The molecule has 0 bridgehead atoms. The maximum Gasteiger partial charge on any atom is 0.187 e. The lowest BCUT2D eigenvalue weighted by Gasteiger charge is -2.25. The van der Waals surface area contributed by atoms with Gasteiger partial charge in [0.2, 0.25) is 0 Å². The zero-order chi connectivity index (χ0) is 13.4. The minimum absolute atomic E-state index is 0.689. The first-order valence-electron chi connectivity index (χ1n) is 6.28. The van der Waals surface area contributed by atoms with E-state index in [1.807, 2.05) is 18.3 Å². The van der Waals surface area contributed by atoms with Gasteiger partial charge < -0.3 is 14.4 Å². The van der Waals surface area contributed by atoms with Gasteiger partial charge in [-0.1, -0.05) is 0 Å². The van der Waals surface area contributed by atoms with Crippen molar-refractivity contribution in [2.75, 3.05) is 25.7 Å². The number of aromatic nitrogens is 1. The molecule has 0 saturated carbocycles. The lowest BCUT2D eigenvalue weighted by atomic mass is 10.0. The van der Waals surface area contributed by atoms with Crippen LogP contribution in [0.2, 0.25) is 0 Å². The third kappa shape index (κ3) is 1.63. The molecule has 1 aliphatic heterocycles. The molecule has 0 fully saturated rings. The molecular weight excluding hydrogens is 240 g/mol. The fourth-order valence-electron chi connectivity index (χ4n) is 2.55. The standard InChI is InChI=1S/C15H16N2O2/c1-4-17-8-6-10-9-12(18-2)15(19-3)14-13(10)11(17)5-7-16-14/h5-9H,4H2,1-3H3. The van der Waals surface area contributed by atoms with E-state index < -0.39 is 0 Å². The van der Waals surface area contributed by atoms with Crippen molar-refractivity contribution >= 4 is 22.7 Å². The Kier molecular flexibility index (Phi) is 2.78. The number of nitrogens with zero attached hydrogens (tertiary/aromatic N) is 2. The lowest BCUT2D eigenvalue weighted by Crippen LogP contribution is -2.17. The second-order valence-electron chi connectivity index (χ2n) is 4.36. The van der Waals surface area contributed by atoms with Crippen LogP contribution >= 0.6 is 0 Å². The minimum atomic E-state index is 0.689. The van der Waals surface area contributed by atoms with Crippen LogP contribution in [0.25, 0.3) is 17.0 Å². The summed E-state index contributed by atoms with van der Waals surface area (Å²) in [5.74, 6) is 1.40. The van der Waals surface area contributed by atoms with Crippen LogP contribution in [0.15, 0.2) is 24.5 Å². The summed E-state index contributed by atoms with van der Waals surface area (Å²) in [5.41, 5.74) is 3.11. The Morgan fingerprint density at radius 1 is 1.26 bits per heavy atom. The molecule has 1 aromatic carbocycles. The Balaban J connectivity index is 2.40. The SMILES string of the molecule is CCN1C=Cc2cc(OC)c(OC)c3nccc1c23. The predicted octanol–water partition coefficient (Wildman–Crippen LogP) is 3.06. The molecule has 98 valence electrons. The van der Waals surface area contributed by atoms with Crippen LogP contribution in [0.5, 0.6) is 11.5 Å². The first-order chi connectivity index (χ1) is 9.30. The zero-order valence-corrected chi connectivity index (χ0v) is 11.3. The number of methoxy groups -OCH3 is 2. The fourth-order valence-corrected chi connectivity index (χ4v) is 2.55. The van der Waals surface area contributed by atoms with E-state index in [1.165, 1.54) is 0 Å². The number of hydrogen-bond acceptors (Lipinski definition) is 4. The van der Waals surface area contributed by atoms with Crippen molar-refractivity contribution in [3.63, 3.8) is 0 Å². The molecule has 4 heteroatoms. The highest BCUT2D eigenvalue weighted by Crippen LogP contribution is 2.42. The van der Waals surface area contributed by atoms with Gasteiger partial charge in [0.05, 0.1) is 19.9 Å². The molecule has 1 aromatic heterocycles. The van der Waals surface area contributed by atoms with Crippen LogP contribution in [-0.2, 0) is 0 Å². The Labute approximate surface area is 112 Å². The van der Waals surface area contributed by atoms with Crippen molar-refractivity contribution in [2.24, 2.45) is 0 Å². The monoisotopic (exact) mass is 256 g/mol. The predicted molar refractivity (Wildman–Crippen MR) is 76.9 cm³/mol. The maximum atomic E-state index is 5.47. The van der Waals surface area contributed by atoms with E-state index in [0.717, 1.165) is 28.7 Å². The topological polar surface area (TPSA) is 34.6 Å². The normalized spacial score (nSPS) is 12.9. The van der Waals surface area contributed by atoms with Crippen LogP contribution in [0.1, 0.15) is 12.5 Å². The van der Waals surface area contributed by atoms with Gasteiger partial charge in [0.1, 0.15) is 5.52 Å². The summed E-state index contributed by atoms with van der Waals surface area (Å²) < 4.78 is 10.9. The quantitative estimate of drug-likeness (QED) is 0.845. The molecule has 0 N–H and O–H groups in total. The van der Waals surface area contributed by atoms with E-state index in [-0.39, 0.29) is 0 Å². The second-order valence-corrected chi connectivity index (χ2v) is 4.36. The average Bonchev–Trinajstić information content (AvgIpc) is 2.47. The van der Waals surface area contributed by atoms with Crippen LogP contribution in [0.3, 0.4) is 0 Å². The van der Waals surface area contributed by atoms with Gasteiger partial charge in [0.15, 0.2) is 11.5 Å².